The Morgan fingerprint density at radius 3 is 2.39 bits per heavy atom. The summed E-state index contributed by atoms with van der Waals surface area (Å²) in [6.45, 7) is 1.55. The number of carboxylic acid groups (broad SMARTS) is 1. The molecule has 0 aliphatic rings. The van der Waals surface area contributed by atoms with Gasteiger partial charge in [0.1, 0.15) is 5.78 Å². The summed E-state index contributed by atoms with van der Waals surface area (Å²) in [4.78, 5) is 27.2. The highest BCUT2D eigenvalue weighted by molar-refractivity contribution is 6.03. The van der Waals surface area contributed by atoms with Crippen LogP contribution in [0.15, 0.2) is 54.6 Å². The van der Waals surface area contributed by atoms with Crippen LogP contribution in [0.25, 0.3) is 22.2 Å². The summed E-state index contributed by atoms with van der Waals surface area (Å²) in [5, 5.41) is 10.1. The molecule has 0 unspecified atom stereocenters. The standard InChI is InChI=1S/C19H15NO3/c1-12(21)10-13-6-8-14(9-7-13)18-11-16(19(22)23)15-4-2-3-5-17(15)20-18/h2-9,11H,10H2,1H3,(H,22,23). The predicted octanol–water partition coefficient (Wildman–Crippen LogP) is 3.73. The Bertz CT molecular complexity index is 898. The third-order valence-corrected chi connectivity index (χ3v) is 3.65. The number of hydrogen-bond donors (Lipinski definition) is 1. The van der Waals surface area contributed by atoms with Crippen molar-refractivity contribution in [3.8, 4) is 11.3 Å². The van der Waals surface area contributed by atoms with Gasteiger partial charge in [0.05, 0.1) is 16.8 Å². The zero-order valence-electron chi connectivity index (χ0n) is 12.6. The minimum Gasteiger partial charge on any atom is -0.478 e. The molecule has 1 heterocycles. The molecule has 2 aromatic carbocycles. The van der Waals surface area contributed by atoms with Crippen LogP contribution in [0.4, 0.5) is 0 Å². The van der Waals surface area contributed by atoms with Crippen molar-refractivity contribution in [2.45, 2.75) is 13.3 Å². The highest BCUT2D eigenvalue weighted by atomic mass is 16.4. The van der Waals surface area contributed by atoms with E-state index in [4.69, 9.17) is 0 Å². The SMILES string of the molecule is CC(=O)Cc1ccc(-c2cc(C(=O)O)c3ccccc3n2)cc1. The number of fused-ring (bicyclic) bond motifs is 1. The van der Waals surface area contributed by atoms with Crippen LogP contribution >= 0.6 is 0 Å². The fourth-order valence-corrected chi connectivity index (χ4v) is 2.58. The molecule has 0 amide bonds. The Morgan fingerprint density at radius 2 is 1.74 bits per heavy atom. The second-order valence-electron chi connectivity index (χ2n) is 5.45. The largest absolute Gasteiger partial charge is 0.478 e. The lowest BCUT2D eigenvalue weighted by Crippen LogP contribution is -2.00. The molecule has 1 aromatic heterocycles. The minimum absolute atomic E-state index is 0.106. The predicted molar refractivity (Wildman–Crippen MR) is 88.5 cm³/mol. The van der Waals surface area contributed by atoms with E-state index in [1.54, 1.807) is 31.2 Å². The van der Waals surface area contributed by atoms with Crippen molar-refractivity contribution in [2.75, 3.05) is 0 Å². The summed E-state index contributed by atoms with van der Waals surface area (Å²) in [6, 6.07) is 16.2. The first-order valence-electron chi connectivity index (χ1n) is 7.26. The van der Waals surface area contributed by atoms with Crippen molar-refractivity contribution in [2.24, 2.45) is 0 Å². The molecular weight excluding hydrogens is 290 g/mol. The van der Waals surface area contributed by atoms with Gasteiger partial charge in [-0.2, -0.15) is 0 Å². The number of pyridine rings is 1. The number of carboxylic acids is 1. The smallest absolute Gasteiger partial charge is 0.336 e. The fraction of sp³-hybridized carbons (Fsp3) is 0.105. The van der Waals surface area contributed by atoms with Gasteiger partial charge in [0, 0.05) is 17.4 Å². The van der Waals surface area contributed by atoms with Crippen LogP contribution in [0.1, 0.15) is 22.8 Å². The second kappa shape index (κ2) is 6.01. The van der Waals surface area contributed by atoms with E-state index in [2.05, 4.69) is 4.98 Å². The quantitative estimate of drug-likeness (QED) is 0.797. The number of carbonyl (C=O) groups is 2. The number of para-hydroxylation sites is 1. The second-order valence-corrected chi connectivity index (χ2v) is 5.45. The van der Waals surface area contributed by atoms with Gasteiger partial charge in [0.25, 0.3) is 0 Å². The molecule has 4 heteroatoms. The Labute approximate surface area is 133 Å². The lowest BCUT2D eigenvalue weighted by atomic mass is 10.0. The molecule has 0 atom stereocenters. The summed E-state index contributed by atoms with van der Waals surface area (Å²) in [7, 11) is 0. The van der Waals surface area contributed by atoms with E-state index in [1.165, 1.54) is 0 Å². The van der Waals surface area contributed by atoms with Crippen LogP contribution in [0, 0.1) is 0 Å². The van der Waals surface area contributed by atoms with Gasteiger partial charge in [0.15, 0.2) is 0 Å². The number of Topliss-reactive ketones (excluding diaryl/α,β-unsaturated/α-hetero) is 1. The van der Waals surface area contributed by atoms with E-state index in [0.717, 1.165) is 11.1 Å². The summed E-state index contributed by atoms with van der Waals surface area (Å²) < 4.78 is 0. The first-order valence-corrected chi connectivity index (χ1v) is 7.26. The van der Waals surface area contributed by atoms with Crippen LogP contribution in [0.5, 0.6) is 0 Å². The highest BCUT2D eigenvalue weighted by Crippen LogP contribution is 2.25. The number of aromatic nitrogens is 1. The molecule has 4 nitrogen and oxygen atoms in total. The molecule has 0 aliphatic heterocycles. The van der Waals surface area contributed by atoms with E-state index < -0.39 is 5.97 Å². The third-order valence-electron chi connectivity index (χ3n) is 3.65. The lowest BCUT2D eigenvalue weighted by molar-refractivity contribution is -0.116. The average molecular weight is 305 g/mol. The molecule has 0 aliphatic carbocycles. The molecule has 114 valence electrons. The van der Waals surface area contributed by atoms with Gasteiger partial charge < -0.3 is 5.11 Å². The van der Waals surface area contributed by atoms with Crippen molar-refractivity contribution in [3.05, 3.63) is 65.7 Å². The summed E-state index contributed by atoms with van der Waals surface area (Å²) in [6.07, 6.45) is 0.395. The number of nitrogens with zero attached hydrogens (tertiary/aromatic N) is 1. The molecule has 0 saturated heterocycles. The zero-order chi connectivity index (χ0) is 16.4. The van der Waals surface area contributed by atoms with Gasteiger partial charge in [-0.3, -0.25) is 4.79 Å². The van der Waals surface area contributed by atoms with Gasteiger partial charge >= 0.3 is 5.97 Å². The Kier molecular flexibility index (Phi) is 3.89. The number of ketones is 1. The number of carbonyl (C=O) groups excluding carboxylic acids is 1. The Hall–Kier alpha value is -3.01. The van der Waals surface area contributed by atoms with E-state index in [1.807, 2.05) is 30.3 Å². The van der Waals surface area contributed by atoms with Crippen molar-refractivity contribution in [3.63, 3.8) is 0 Å². The number of hydrogen-bond acceptors (Lipinski definition) is 3. The van der Waals surface area contributed by atoms with E-state index in [0.29, 0.717) is 23.0 Å². The van der Waals surface area contributed by atoms with Crippen LogP contribution in [0.2, 0.25) is 0 Å². The molecule has 0 bridgehead atoms. The van der Waals surface area contributed by atoms with Crippen molar-refractivity contribution in [1.29, 1.82) is 0 Å². The van der Waals surface area contributed by atoms with Crippen molar-refractivity contribution >= 4 is 22.7 Å². The van der Waals surface area contributed by atoms with Crippen LogP contribution in [-0.4, -0.2) is 21.8 Å². The van der Waals surface area contributed by atoms with Crippen molar-refractivity contribution in [1.82, 2.24) is 4.98 Å². The molecule has 0 spiro atoms. The minimum atomic E-state index is -0.974. The Balaban J connectivity index is 2.09. The number of benzene rings is 2. The third kappa shape index (κ3) is 3.11. The first-order chi connectivity index (χ1) is 11.0. The maximum Gasteiger partial charge on any atom is 0.336 e. The average Bonchev–Trinajstić information content (AvgIpc) is 2.54. The van der Waals surface area contributed by atoms with Crippen molar-refractivity contribution < 1.29 is 14.7 Å². The normalized spacial score (nSPS) is 10.7. The van der Waals surface area contributed by atoms with E-state index in [9.17, 15) is 14.7 Å². The molecule has 3 aromatic rings. The van der Waals surface area contributed by atoms with E-state index in [-0.39, 0.29) is 11.3 Å². The fourth-order valence-electron chi connectivity index (χ4n) is 2.58. The van der Waals surface area contributed by atoms with Gasteiger partial charge in [-0.25, -0.2) is 9.78 Å². The van der Waals surface area contributed by atoms with Gasteiger partial charge in [-0.15, -0.1) is 0 Å². The summed E-state index contributed by atoms with van der Waals surface area (Å²) in [5.74, 6) is -0.868. The van der Waals surface area contributed by atoms with Crippen LogP contribution in [0.3, 0.4) is 0 Å². The number of rotatable bonds is 4. The first kappa shape index (κ1) is 14.9. The van der Waals surface area contributed by atoms with Crippen LogP contribution in [-0.2, 0) is 11.2 Å². The molecule has 23 heavy (non-hydrogen) atoms. The monoisotopic (exact) mass is 305 g/mol. The maximum atomic E-state index is 11.5. The Morgan fingerprint density at radius 1 is 1.04 bits per heavy atom. The maximum absolute atomic E-state index is 11.5. The lowest BCUT2D eigenvalue weighted by Gasteiger charge is -2.07. The molecule has 0 fully saturated rings. The molecule has 3 rings (SSSR count). The molecule has 1 N–H and O–H groups in total. The molecular formula is C19H15NO3. The summed E-state index contributed by atoms with van der Waals surface area (Å²) in [5.41, 5.74) is 3.25. The number of aromatic carboxylic acids is 1. The molecule has 0 saturated carbocycles. The summed E-state index contributed by atoms with van der Waals surface area (Å²) >= 11 is 0. The van der Waals surface area contributed by atoms with Gasteiger partial charge in [-0.1, -0.05) is 42.5 Å². The van der Waals surface area contributed by atoms with E-state index >= 15 is 0 Å². The van der Waals surface area contributed by atoms with Gasteiger partial charge in [0.2, 0.25) is 0 Å². The van der Waals surface area contributed by atoms with Gasteiger partial charge in [-0.05, 0) is 24.6 Å². The van der Waals surface area contributed by atoms with Crippen LogP contribution < -0.4 is 0 Å². The molecule has 0 radical (unpaired) electrons. The highest BCUT2D eigenvalue weighted by Gasteiger charge is 2.12. The topological polar surface area (TPSA) is 67.3 Å². The zero-order valence-corrected chi connectivity index (χ0v) is 12.6.